The molecule has 1 unspecified atom stereocenters. The SMILES string of the molecule is CC(=O)N(C)N(C)C(=O)OC(Cc1ccccc1)C(=O)OCc1ccccc1. The molecule has 7 nitrogen and oxygen atoms in total. The van der Waals surface area contributed by atoms with Crippen LogP contribution in [0.15, 0.2) is 60.7 Å². The fourth-order valence-electron chi connectivity index (χ4n) is 2.35. The maximum Gasteiger partial charge on any atom is 0.429 e. The van der Waals surface area contributed by atoms with Crippen LogP contribution in [0.5, 0.6) is 0 Å². The summed E-state index contributed by atoms with van der Waals surface area (Å²) in [6, 6.07) is 18.4. The Morgan fingerprint density at radius 1 is 0.857 bits per heavy atom. The highest BCUT2D eigenvalue weighted by molar-refractivity contribution is 5.80. The van der Waals surface area contributed by atoms with Gasteiger partial charge in [0.15, 0.2) is 0 Å². The molecule has 0 bridgehead atoms. The van der Waals surface area contributed by atoms with Gasteiger partial charge in [-0.2, -0.15) is 0 Å². The van der Waals surface area contributed by atoms with Gasteiger partial charge in [0.05, 0.1) is 0 Å². The van der Waals surface area contributed by atoms with Gasteiger partial charge >= 0.3 is 12.1 Å². The first-order chi connectivity index (χ1) is 13.4. The van der Waals surface area contributed by atoms with Gasteiger partial charge in [-0.1, -0.05) is 60.7 Å². The smallest absolute Gasteiger partial charge is 0.429 e. The van der Waals surface area contributed by atoms with Gasteiger partial charge in [-0.25, -0.2) is 14.6 Å². The van der Waals surface area contributed by atoms with Crippen molar-refractivity contribution in [2.75, 3.05) is 14.1 Å². The van der Waals surface area contributed by atoms with Crippen molar-refractivity contribution in [3.05, 3.63) is 71.8 Å². The van der Waals surface area contributed by atoms with Crippen LogP contribution < -0.4 is 0 Å². The van der Waals surface area contributed by atoms with Gasteiger partial charge in [0.1, 0.15) is 6.61 Å². The van der Waals surface area contributed by atoms with Gasteiger partial charge in [-0.05, 0) is 11.1 Å². The molecule has 0 aromatic heterocycles. The summed E-state index contributed by atoms with van der Waals surface area (Å²) in [4.78, 5) is 36.4. The summed E-state index contributed by atoms with van der Waals surface area (Å²) in [5.74, 6) is -0.995. The number of esters is 1. The zero-order valence-corrected chi connectivity index (χ0v) is 16.2. The molecule has 1 atom stereocenters. The summed E-state index contributed by atoms with van der Waals surface area (Å²) in [5, 5.41) is 2.10. The van der Waals surface area contributed by atoms with Crippen molar-refractivity contribution >= 4 is 18.0 Å². The van der Waals surface area contributed by atoms with Crippen LogP contribution in [0, 0.1) is 0 Å². The van der Waals surface area contributed by atoms with Crippen LogP contribution in [0.1, 0.15) is 18.1 Å². The van der Waals surface area contributed by atoms with E-state index in [1.54, 1.807) is 0 Å². The lowest BCUT2D eigenvalue weighted by Crippen LogP contribution is -2.46. The number of hydrazine groups is 1. The largest absolute Gasteiger partial charge is 0.458 e. The number of carbonyl (C=O) groups is 3. The van der Waals surface area contributed by atoms with Gasteiger partial charge in [0.2, 0.25) is 12.0 Å². The summed E-state index contributed by atoms with van der Waals surface area (Å²) in [5.41, 5.74) is 1.65. The van der Waals surface area contributed by atoms with E-state index in [9.17, 15) is 14.4 Å². The van der Waals surface area contributed by atoms with Crippen LogP contribution >= 0.6 is 0 Å². The molecule has 0 N–H and O–H groups in total. The average molecular weight is 384 g/mol. The highest BCUT2D eigenvalue weighted by Gasteiger charge is 2.28. The lowest BCUT2D eigenvalue weighted by Gasteiger charge is -2.28. The van der Waals surface area contributed by atoms with E-state index in [1.165, 1.54) is 21.0 Å². The number of hydrogen-bond donors (Lipinski definition) is 0. The molecular formula is C21H24N2O5. The molecule has 2 aromatic rings. The molecule has 2 rings (SSSR count). The molecule has 0 aliphatic rings. The number of carbonyl (C=O) groups excluding carboxylic acids is 3. The van der Waals surface area contributed by atoms with Crippen molar-refractivity contribution in [1.29, 1.82) is 0 Å². The molecule has 2 aromatic carbocycles. The quantitative estimate of drug-likeness (QED) is 0.565. The first-order valence-electron chi connectivity index (χ1n) is 8.81. The third-order valence-corrected chi connectivity index (χ3v) is 4.16. The van der Waals surface area contributed by atoms with Gasteiger partial charge in [-0.3, -0.25) is 9.80 Å². The van der Waals surface area contributed by atoms with E-state index in [1.807, 2.05) is 60.7 Å². The molecule has 148 valence electrons. The fourth-order valence-corrected chi connectivity index (χ4v) is 2.35. The zero-order chi connectivity index (χ0) is 20.5. The second-order valence-corrected chi connectivity index (χ2v) is 6.22. The van der Waals surface area contributed by atoms with Crippen LogP contribution in [-0.2, 0) is 32.1 Å². The first kappa shape index (κ1) is 21.0. The third-order valence-electron chi connectivity index (χ3n) is 4.16. The molecular weight excluding hydrogens is 360 g/mol. The van der Waals surface area contributed by atoms with Gasteiger partial charge in [0.25, 0.3) is 0 Å². The topological polar surface area (TPSA) is 76.2 Å². The molecule has 0 aliphatic heterocycles. The van der Waals surface area contributed by atoms with Crippen LogP contribution in [0.2, 0.25) is 0 Å². The van der Waals surface area contributed by atoms with E-state index in [4.69, 9.17) is 9.47 Å². The minimum atomic E-state index is -1.14. The molecule has 2 amide bonds. The highest BCUT2D eigenvalue weighted by atomic mass is 16.6. The van der Waals surface area contributed by atoms with Crippen molar-refractivity contribution in [3.8, 4) is 0 Å². The Morgan fingerprint density at radius 3 is 1.93 bits per heavy atom. The molecule has 0 heterocycles. The molecule has 0 fully saturated rings. The third kappa shape index (κ3) is 6.12. The summed E-state index contributed by atoms with van der Waals surface area (Å²) < 4.78 is 10.7. The maximum atomic E-state index is 12.6. The average Bonchev–Trinajstić information content (AvgIpc) is 2.71. The van der Waals surface area contributed by atoms with Crippen molar-refractivity contribution in [3.63, 3.8) is 0 Å². The Kier molecular flexibility index (Phi) is 7.56. The predicted octanol–water partition coefficient (Wildman–Crippen LogP) is 2.80. The molecule has 28 heavy (non-hydrogen) atoms. The van der Waals surface area contributed by atoms with E-state index in [-0.39, 0.29) is 18.9 Å². The lowest BCUT2D eigenvalue weighted by atomic mass is 10.1. The Balaban J connectivity index is 2.08. The Hall–Kier alpha value is -3.35. The Bertz CT molecular complexity index is 795. The number of benzene rings is 2. The molecule has 0 radical (unpaired) electrons. The number of hydrogen-bond acceptors (Lipinski definition) is 5. The van der Waals surface area contributed by atoms with Crippen molar-refractivity contribution in [2.24, 2.45) is 0 Å². The molecule has 0 saturated heterocycles. The van der Waals surface area contributed by atoms with Crippen molar-refractivity contribution < 1.29 is 23.9 Å². The maximum absolute atomic E-state index is 12.6. The lowest BCUT2D eigenvalue weighted by molar-refractivity contribution is -0.157. The summed E-state index contributed by atoms with van der Waals surface area (Å²) in [6.07, 6.45) is -1.80. The Labute approximate surface area is 164 Å². The van der Waals surface area contributed by atoms with Crippen molar-refractivity contribution in [1.82, 2.24) is 10.0 Å². The normalized spacial score (nSPS) is 11.2. The summed E-state index contributed by atoms with van der Waals surface area (Å²) in [7, 11) is 2.82. The van der Waals surface area contributed by atoms with Crippen molar-refractivity contribution in [2.45, 2.75) is 26.1 Å². The van der Waals surface area contributed by atoms with Crippen LogP contribution in [0.3, 0.4) is 0 Å². The Morgan fingerprint density at radius 2 is 1.39 bits per heavy atom. The minimum absolute atomic E-state index is 0.0751. The van der Waals surface area contributed by atoms with E-state index >= 15 is 0 Å². The van der Waals surface area contributed by atoms with Crippen LogP contribution in [-0.4, -0.2) is 48.2 Å². The van der Waals surface area contributed by atoms with E-state index in [2.05, 4.69) is 0 Å². The first-order valence-corrected chi connectivity index (χ1v) is 8.81. The summed E-state index contributed by atoms with van der Waals surface area (Å²) >= 11 is 0. The van der Waals surface area contributed by atoms with Crippen LogP contribution in [0.4, 0.5) is 4.79 Å². The fraction of sp³-hybridized carbons (Fsp3) is 0.286. The van der Waals surface area contributed by atoms with Gasteiger partial charge in [-0.15, -0.1) is 0 Å². The number of amides is 2. The number of rotatable bonds is 6. The minimum Gasteiger partial charge on any atom is -0.458 e. The van der Waals surface area contributed by atoms with E-state index in [0.717, 1.165) is 21.1 Å². The van der Waals surface area contributed by atoms with Gasteiger partial charge in [0, 0.05) is 27.4 Å². The second-order valence-electron chi connectivity index (χ2n) is 6.22. The summed E-state index contributed by atoms with van der Waals surface area (Å²) in [6.45, 7) is 1.39. The number of ether oxygens (including phenoxy) is 2. The van der Waals surface area contributed by atoms with E-state index in [0.29, 0.717) is 0 Å². The molecule has 0 aliphatic carbocycles. The molecule has 0 saturated carbocycles. The van der Waals surface area contributed by atoms with E-state index < -0.39 is 18.2 Å². The van der Waals surface area contributed by atoms with Crippen LogP contribution in [0.25, 0.3) is 0 Å². The van der Waals surface area contributed by atoms with Gasteiger partial charge < -0.3 is 9.47 Å². The standard InChI is InChI=1S/C21H24N2O5/c1-16(24)22(2)23(3)21(26)28-19(14-17-10-6-4-7-11-17)20(25)27-15-18-12-8-5-9-13-18/h4-13,19H,14-15H2,1-3H3. The number of nitrogens with zero attached hydrogens (tertiary/aromatic N) is 2. The zero-order valence-electron chi connectivity index (χ0n) is 16.2. The second kappa shape index (κ2) is 10.1. The predicted molar refractivity (Wildman–Crippen MR) is 103 cm³/mol. The molecule has 0 spiro atoms. The highest BCUT2D eigenvalue weighted by Crippen LogP contribution is 2.12. The molecule has 7 heteroatoms. The monoisotopic (exact) mass is 384 g/mol.